The van der Waals surface area contributed by atoms with E-state index < -0.39 is 16.9 Å². The van der Waals surface area contributed by atoms with Gasteiger partial charge in [-0.25, -0.2) is 0 Å². The number of non-ortho nitro benzene ring substituents is 1. The molecule has 3 rings (SSSR count). The van der Waals surface area contributed by atoms with E-state index in [9.17, 15) is 19.7 Å². The highest BCUT2D eigenvalue weighted by molar-refractivity contribution is 7.98. The van der Waals surface area contributed by atoms with Crippen LogP contribution in [-0.2, 0) is 4.79 Å². The van der Waals surface area contributed by atoms with Crippen LogP contribution in [0.2, 0.25) is 0 Å². The number of carbonyl (C=O) groups excluding carboxylic acids is 2. The number of nitrogens with zero attached hydrogens (tertiary/aromatic N) is 2. The van der Waals surface area contributed by atoms with Gasteiger partial charge < -0.3 is 15.5 Å². The van der Waals surface area contributed by atoms with Gasteiger partial charge >= 0.3 is 0 Å². The number of likely N-dealkylation sites (tertiary alicyclic amines) is 1. The van der Waals surface area contributed by atoms with Crippen LogP contribution >= 0.6 is 11.8 Å². The van der Waals surface area contributed by atoms with Crippen molar-refractivity contribution >= 4 is 29.3 Å². The molecule has 0 radical (unpaired) electrons. The summed E-state index contributed by atoms with van der Waals surface area (Å²) in [5.74, 6) is 1.20. The lowest BCUT2D eigenvalue weighted by molar-refractivity contribution is -0.384. The van der Waals surface area contributed by atoms with Crippen molar-refractivity contribution in [1.29, 1.82) is 0 Å². The quantitative estimate of drug-likeness (QED) is 0.532. The van der Waals surface area contributed by atoms with Crippen LogP contribution in [0, 0.1) is 22.0 Å². The van der Waals surface area contributed by atoms with Gasteiger partial charge in [-0.2, -0.15) is 11.8 Å². The van der Waals surface area contributed by atoms with Crippen molar-refractivity contribution in [1.82, 2.24) is 15.5 Å². The molecule has 0 aromatic heterocycles. The number of hydrogen-bond acceptors (Lipinski definition) is 6. The molecule has 1 aromatic rings. The highest BCUT2D eigenvalue weighted by Gasteiger charge is 2.40. The molecule has 1 unspecified atom stereocenters. The van der Waals surface area contributed by atoms with Gasteiger partial charge in [-0.1, -0.05) is 6.07 Å². The topological polar surface area (TPSA) is 105 Å². The molecular weight excluding hydrogens is 368 g/mol. The summed E-state index contributed by atoms with van der Waals surface area (Å²) in [6, 6.07) is 4.95. The van der Waals surface area contributed by atoms with Gasteiger partial charge in [0.25, 0.3) is 11.6 Å². The summed E-state index contributed by atoms with van der Waals surface area (Å²) in [6.07, 6.45) is 2.49. The minimum Gasteiger partial charge on any atom is -0.340 e. The molecule has 2 heterocycles. The maximum Gasteiger partial charge on any atom is 0.270 e. The van der Waals surface area contributed by atoms with Crippen LogP contribution in [0.1, 0.15) is 16.8 Å². The number of nitro benzene ring substituents is 1. The van der Waals surface area contributed by atoms with E-state index in [1.54, 1.807) is 11.8 Å². The molecule has 0 saturated carbocycles. The second-order valence-electron chi connectivity index (χ2n) is 7.04. The predicted molar refractivity (Wildman–Crippen MR) is 104 cm³/mol. The Kier molecular flexibility index (Phi) is 6.33. The normalized spacial score (nSPS) is 22.3. The Morgan fingerprint density at radius 1 is 1.37 bits per heavy atom. The first-order valence-electron chi connectivity index (χ1n) is 9.03. The zero-order valence-electron chi connectivity index (χ0n) is 15.2. The van der Waals surface area contributed by atoms with E-state index in [1.807, 2.05) is 11.2 Å². The number of amides is 2. The van der Waals surface area contributed by atoms with Crippen molar-refractivity contribution in [3.05, 3.63) is 39.9 Å². The first-order chi connectivity index (χ1) is 13.0. The Bertz CT molecular complexity index is 717. The molecule has 27 heavy (non-hydrogen) atoms. The van der Waals surface area contributed by atoms with Crippen molar-refractivity contribution in [2.45, 2.75) is 12.5 Å². The molecule has 0 bridgehead atoms. The molecule has 2 fully saturated rings. The molecule has 1 aromatic carbocycles. The zero-order valence-corrected chi connectivity index (χ0v) is 16.0. The van der Waals surface area contributed by atoms with Crippen molar-refractivity contribution in [2.24, 2.45) is 11.8 Å². The lowest BCUT2D eigenvalue weighted by atomic mass is 10.0. The molecule has 0 aliphatic carbocycles. The van der Waals surface area contributed by atoms with Crippen LogP contribution < -0.4 is 10.6 Å². The monoisotopic (exact) mass is 392 g/mol. The summed E-state index contributed by atoms with van der Waals surface area (Å²) in [6.45, 7) is 3.31. The number of thioether (sulfide) groups is 1. The van der Waals surface area contributed by atoms with Crippen LogP contribution in [0.3, 0.4) is 0 Å². The average Bonchev–Trinajstić information content (AvgIpc) is 3.26. The molecule has 9 heteroatoms. The van der Waals surface area contributed by atoms with Gasteiger partial charge in [0.15, 0.2) is 0 Å². The van der Waals surface area contributed by atoms with Gasteiger partial charge in [-0.05, 0) is 36.3 Å². The minimum absolute atomic E-state index is 0.0581. The van der Waals surface area contributed by atoms with Crippen molar-refractivity contribution < 1.29 is 14.5 Å². The van der Waals surface area contributed by atoms with E-state index in [1.165, 1.54) is 24.3 Å². The number of nitro groups is 1. The Morgan fingerprint density at radius 3 is 2.70 bits per heavy atom. The van der Waals surface area contributed by atoms with Crippen molar-refractivity contribution in [2.75, 3.05) is 38.2 Å². The molecule has 2 N–H and O–H groups in total. The molecule has 2 amide bonds. The lowest BCUT2D eigenvalue weighted by Crippen LogP contribution is -2.48. The number of hydrogen-bond donors (Lipinski definition) is 2. The fraction of sp³-hybridized carbons (Fsp3) is 0.556. The zero-order chi connectivity index (χ0) is 19.4. The maximum atomic E-state index is 13.0. The SMILES string of the molecule is CSCCC(NC(=O)c1cccc([N+](=O)[O-])c1)C(=O)N1C[C@H]2CNC[C@H]2C1. The van der Waals surface area contributed by atoms with Crippen LogP contribution in [0.5, 0.6) is 0 Å². The van der Waals surface area contributed by atoms with Gasteiger partial charge in [0, 0.05) is 43.9 Å². The van der Waals surface area contributed by atoms with Gasteiger partial charge in [-0.3, -0.25) is 19.7 Å². The first kappa shape index (κ1) is 19.6. The van der Waals surface area contributed by atoms with E-state index in [4.69, 9.17) is 0 Å². The van der Waals surface area contributed by atoms with Gasteiger partial charge in [0.2, 0.25) is 5.91 Å². The maximum absolute atomic E-state index is 13.0. The highest BCUT2D eigenvalue weighted by Crippen LogP contribution is 2.27. The molecule has 3 atom stereocenters. The third-order valence-corrected chi connectivity index (χ3v) is 5.88. The molecule has 0 spiro atoms. The summed E-state index contributed by atoms with van der Waals surface area (Å²) in [7, 11) is 0. The number of fused-ring (bicyclic) bond motifs is 1. The molecule has 2 aliphatic heterocycles. The molecular formula is C18H24N4O4S. The highest BCUT2D eigenvalue weighted by atomic mass is 32.2. The molecule has 146 valence electrons. The number of carbonyl (C=O) groups is 2. The Balaban J connectivity index is 1.69. The van der Waals surface area contributed by atoms with E-state index in [0.717, 1.165) is 31.9 Å². The molecule has 8 nitrogen and oxygen atoms in total. The first-order valence-corrected chi connectivity index (χ1v) is 10.4. The Morgan fingerprint density at radius 2 is 2.07 bits per heavy atom. The standard InChI is InChI=1S/C18H24N4O4S/c1-27-6-5-16(18(24)21-10-13-8-19-9-14(13)11-21)20-17(23)12-3-2-4-15(7-12)22(25)26/h2-4,7,13-14,16,19H,5-6,8-11H2,1H3,(H,20,23)/t13-,14+,16?. The van der Waals surface area contributed by atoms with Crippen LogP contribution in [-0.4, -0.2) is 65.9 Å². The van der Waals surface area contributed by atoms with Gasteiger partial charge in [-0.15, -0.1) is 0 Å². The fourth-order valence-electron chi connectivity index (χ4n) is 3.75. The van der Waals surface area contributed by atoms with Crippen LogP contribution in [0.15, 0.2) is 24.3 Å². The van der Waals surface area contributed by atoms with E-state index in [2.05, 4.69) is 10.6 Å². The van der Waals surface area contributed by atoms with Crippen molar-refractivity contribution in [3.63, 3.8) is 0 Å². The average molecular weight is 392 g/mol. The van der Waals surface area contributed by atoms with E-state index >= 15 is 0 Å². The molecule has 2 aliphatic rings. The number of benzene rings is 1. The summed E-state index contributed by atoms with van der Waals surface area (Å²) in [4.78, 5) is 37.8. The Hall–Kier alpha value is -2.13. The smallest absolute Gasteiger partial charge is 0.270 e. The predicted octanol–water partition coefficient (Wildman–Crippen LogP) is 1.12. The number of rotatable bonds is 7. The third kappa shape index (κ3) is 4.59. The van der Waals surface area contributed by atoms with E-state index in [-0.39, 0.29) is 17.2 Å². The second kappa shape index (κ2) is 8.71. The second-order valence-corrected chi connectivity index (χ2v) is 8.02. The lowest BCUT2D eigenvalue weighted by Gasteiger charge is -2.25. The summed E-state index contributed by atoms with van der Waals surface area (Å²) < 4.78 is 0. The largest absolute Gasteiger partial charge is 0.340 e. The number of nitrogens with one attached hydrogen (secondary N) is 2. The summed E-state index contributed by atoms with van der Waals surface area (Å²) >= 11 is 1.61. The van der Waals surface area contributed by atoms with E-state index in [0.29, 0.717) is 18.3 Å². The minimum atomic E-state index is -0.615. The van der Waals surface area contributed by atoms with Crippen LogP contribution in [0.4, 0.5) is 5.69 Å². The van der Waals surface area contributed by atoms with Crippen LogP contribution in [0.25, 0.3) is 0 Å². The van der Waals surface area contributed by atoms with Gasteiger partial charge in [0.1, 0.15) is 6.04 Å². The fourth-order valence-corrected chi connectivity index (χ4v) is 4.22. The van der Waals surface area contributed by atoms with Gasteiger partial charge in [0.05, 0.1) is 4.92 Å². The third-order valence-electron chi connectivity index (χ3n) is 5.23. The molecule has 2 saturated heterocycles. The Labute approximate surface area is 162 Å². The summed E-state index contributed by atoms with van der Waals surface area (Å²) in [5, 5.41) is 17.1. The van der Waals surface area contributed by atoms with Crippen molar-refractivity contribution in [3.8, 4) is 0 Å². The summed E-state index contributed by atoms with van der Waals surface area (Å²) in [5.41, 5.74) is 0.0446.